The average Bonchev–Trinajstić information content (AvgIpc) is 3.38. The van der Waals surface area contributed by atoms with Gasteiger partial charge in [-0.05, 0) is 81.1 Å². The first kappa shape index (κ1) is 19.2. The van der Waals surface area contributed by atoms with Crippen molar-refractivity contribution in [2.24, 2.45) is 0 Å². The molecule has 0 spiro atoms. The maximum atomic E-state index is 13.4. The molecule has 0 atom stereocenters. The summed E-state index contributed by atoms with van der Waals surface area (Å²) >= 11 is 0. The molecule has 0 radical (unpaired) electrons. The van der Waals surface area contributed by atoms with Crippen molar-refractivity contribution in [3.05, 3.63) is 89.3 Å². The van der Waals surface area contributed by atoms with Crippen LogP contribution in [0.4, 0.5) is 10.1 Å². The quantitative estimate of drug-likeness (QED) is 0.528. The Morgan fingerprint density at radius 2 is 1.81 bits per heavy atom. The van der Waals surface area contributed by atoms with Gasteiger partial charge in [0.15, 0.2) is 5.69 Å². The van der Waals surface area contributed by atoms with E-state index in [-0.39, 0.29) is 11.7 Å². The molecule has 0 bridgehead atoms. The van der Waals surface area contributed by atoms with E-state index in [2.05, 4.69) is 15.5 Å². The molecule has 6 nitrogen and oxygen atoms in total. The van der Waals surface area contributed by atoms with Crippen LogP contribution in [0.3, 0.4) is 0 Å². The lowest BCUT2D eigenvalue weighted by molar-refractivity contribution is 0.102. The number of aryl methyl sites for hydroxylation is 1. The van der Waals surface area contributed by atoms with Gasteiger partial charge in [-0.1, -0.05) is 6.07 Å². The average molecular weight is 415 g/mol. The number of amides is 1. The van der Waals surface area contributed by atoms with Crippen molar-refractivity contribution in [2.45, 2.75) is 32.6 Å². The molecule has 31 heavy (non-hydrogen) atoms. The zero-order valence-corrected chi connectivity index (χ0v) is 17.2. The number of nitrogens with one attached hydrogen (secondary N) is 1. The van der Waals surface area contributed by atoms with E-state index >= 15 is 0 Å². The van der Waals surface area contributed by atoms with Crippen molar-refractivity contribution in [1.82, 2.24) is 19.6 Å². The van der Waals surface area contributed by atoms with Crippen molar-refractivity contribution in [3.63, 3.8) is 0 Å². The van der Waals surface area contributed by atoms with Gasteiger partial charge in [-0.2, -0.15) is 10.2 Å². The van der Waals surface area contributed by atoms with Crippen LogP contribution in [0.2, 0.25) is 0 Å². The third kappa shape index (κ3) is 3.63. The number of benzene rings is 2. The number of hydrogen-bond acceptors (Lipinski definition) is 3. The first-order valence-corrected chi connectivity index (χ1v) is 10.4. The normalized spacial score (nSPS) is 13.1. The predicted molar refractivity (Wildman–Crippen MR) is 116 cm³/mol. The zero-order valence-electron chi connectivity index (χ0n) is 17.2. The molecule has 4 aromatic rings. The fourth-order valence-corrected chi connectivity index (χ4v) is 4.12. The summed E-state index contributed by atoms with van der Waals surface area (Å²) in [5, 5.41) is 12.0. The van der Waals surface area contributed by atoms with Crippen LogP contribution in [0.25, 0.3) is 11.4 Å². The molecule has 2 aromatic heterocycles. The maximum absolute atomic E-state index is 13.4. The molecule has 0 saturated carbocycles. The smallest absolute Gasteiger partial charge is 0.276 e. The minimum atomic E-state index is -0.296. The van der Waals surface area contributed by atoms with Gasteiger partial charge in [0, 0.05) is 28.8 Å². The lowest BCUT2D eigenvalue weighted by Crippen LogP contribution is -2.16. The van der Waals surface area contributed by atoms with E-state index in [0.717, 1.165) is 54.0 Å². The summed E-state index contributed by atoms with van der Waals surface area (Å²) in [6.07, 6.45) is 5.48. The Kier molecular flexibility index (Phi) is 4.86. The highest BCUT2D eigenvalue weighted by Crippen LogP contribution is 2.28. The Hall–Kier alpha value is -3.74. The highest BCUT2D eigenvalue weighted by atomic mass is 19.1. The Morgan fingerprint density at radius 3 is 2.58 bits per heavy atom. The zero-order chi connectivity index (χ0) is 21.4. The van der Waals surface area contributed by atoms with Crippen LogP contribution in [0.15, 0.2) is 60.8 Å². The number of carbonyl (C=O) groups is 1. The van der Waals surface area contributed by atoms with Crippen molar-refractivity contribution < 1.29 is 9.18 Å². The highest BCUT2D eigenvalue weighted by Gasteiger charge is 2.25. The molecule has 0 fully saturated rings. The number of hydrogen-bond donors (Lipinski definition) is 1. The highest BCUT2D eigenvalue weighted by molar-refractivity contribution is 6.04. The fraction of sp³-hybridized carbons (Fsp3) is 0.208. The number of anilines is 1. The molecule has 2 heterocycles. The third-order valence-corrected chi connectivity index (χ3v) is 5.65. The minimum Gasteiger partial charge on any atom is -0.321 e. The van der Waals surface area contributed by atoms with Crippen LogP contribution in [-0.4, -0.2) is 25.5 Å². The first-order chi connectivity index (χ1) is 15.1. The molecule has 156 valence electrons. The van der Waals surface area contributed by atoms with E-state index in [0.29, 0.717) is 11.4 Å². The van der Waals surface area contributed by atoms with E-state index in [9.17, 15) is 9.18 Å². The number of carbonyl (C=O) groups excluding carboxylic acids is 1. The lowest BCUT2D eigenvalue weighted by atomic mass is 9.95. The molecule has 1 N–H and O–H groups in total. The van der Waals surface area contributed by atoms with Gasteiger partial charge in [0.05, 0.1) is 11.4 Å². The van der Waals surface area contributed by atoms with Gasteiger partial charge < -0.3 is 5.32 Å². The van der Waals surface area contributed by atoms with Crippen LogP contribution in [-0.2, 0) is 12.8 Å². The van der Waals surface area contributed by atoms with E-state index < -0.39 is 0 Å². The van der Waals surface area contributed by atoms with Crippen molar-refractivity contribution in [1.29, 1.82) is 0 Å². The summed E-state index contributed by atoms with van der Waals surface area (Å²) in [6, 6.07) is 15.7. The second-order valence-electron chi connectivity index (χ2n) is 7.76. The summed E-state index contributed by atoms with van der Waals surface area (Å²) < 4.78 is 17.0. The van der Waals surface area contributed by atoms with E-state index in [1.165, 1.54) is 12.1 Å². The van der Waals surface area contributed by atoms with Crippen molar-refractivity contribution >= 4 is 11.6 Å². The number of aromatic nitrogens is 4. The molecule has 1 aliphatic carbocycles. The summed E-state index contributed by atoms with van der Waals surface area (Å²) in [5.41, 5.74) is 5.76. The fourth-order valence-electron chi connectivity index (χ4n) is 4.12. The van der Waals surface area contributed by atoms with Crippen LogP contribution < -0.4 is 5.32 Å². The molecule has 1 aliphatic rings. The number of fused-ring (bicyclic) bond motifs is 1. The van der Waals surface area contributed by atoms with E-state index in [4.69, 9.17) is 0 Å². The van der Waals surface area contributed by atoms with Gasteiger partial charge in [0.2, 0.25) is 0 Å². The summed E-state index contributed by atoms with van der Waals surface area (Å²) in [6.45, 7) is 1.98. The van der Waals surface area contributed by atoms with E-state index in [1.807, 2.05) is 41.9 Å². The predicted octanol–water partition coefficient (Wildman–Crippen LogP) is 4.64. The van der Waals surface area contributed by atoms with Gasteiger partial charge in [-0.3, -0.25) is 4.79 Å². The maximum Gasteiger partial charge on any atom is 0.276 e. The SMILES string of the molecule is Cc1ccnn1-c1cccc(NC(=O)c2nn(-c3ccc(F)cc3)c3c2CCCC3)c1. The number of rotatable bonds is 4. The molecule has 0 unspecified atom stereocenters. The second-order valence-corrected chi connectivity index (χ2v) is 7.76. The monoisotopic (exact) mass is 415 g/mol. The molecule has 2 aromatic carbocycles. The Labute approximate surface area is 179 Å². The van der Waals surface area contributed by atoms with Gasteiger partial charge in [0.25, 0.3) is 5.91 Å². The minimum absolute atomic E-state index is 0.242. The van der Waals surface area contributed by atoms with Crippen LogP contribution in [0.5, 0.6) is 0 Å². The lowest BCUT2D eigenvalue weighted by Gasteiger charge is -2.14. The van der Waals surface area contributed by atoms with Gasteiger partial charge in [0.1, 0.15) is 5.82 Å². The summed E-state index contributed by atoms with van der Waals surface area (Å²) in [4.78, 5) is 13.2. The molecule has 1 amide bonds. The number of nitrogens with zero attached hydrogens (tertiary/aromatic N) is 4. The third-order valence-electron chi connectivity index (χ3n) is 5.65. The van der Waals surface area contributed by atoms with Crippen LogP contribution in [0, 0.1) is 12.7 Å². The van der Waals surface area contributed by atoms with Gasteiger partial charge in [-0.25, -0.2) is 13.8 Å². The van der Waals surface area contributed by atoms with Crippen molar-refractivity contribution in [2.75, 3.05) is 5.32 Å². The Morgan fingerprint density at radius 1 is 1.00 bits per heavy atom. The standard InChI is InChI=1S/C24H22FN5O/c1-16-13-14-26-29(16)20-6-4-5-18(15-20)27-24(31)23-21-7-2-3-8-22(21)30(28-23)19-11-9-17(25)10-12-19/h4-6,9-15H,2-3,7-8H2,1H3,(H,27,31). The van der Waals surface area contributed by atoms with Crippen LogP contribution >= 0.6 is 0 Å². The van der Waals surface area contributed by atoms with E-state index in [1.54, 1.807) is 23.0 Å². The van der Waals surface area contributed by atoms with Crippen molar-refractivity contribution in [3.8, 4) is 11.4 Å². The largest absolute Gasteiger partial charge is 0.321 e. The topological polar surface area (TPSA) is 64.7 Å². The second kappa shape index (κ2) is 7.83. The van der Waals surface area contributed by atoms with Gasteiger partial charge >= 0.3 is 0 Å². The molecule has 5 rings (SSSR count). The first-order valence-electron chi connectivity index (χ1n) is 10.4. The molecule has 0 aliphatic heterocycles. The molecular formula is C24H22FN5O. The molecule has 0 saturated heterocycles. The van der Waals surface area contributed by atoms with Crippen LogP contribution in [0.1, 0.15) is 40.3 Å². The Bertz CT molecular complexity index is 1260. The summed E-state index contributed by atoms with van der Waals surface area (Å²) in [7, 11) is 0. The Balaban J connectivity index is 1.47. The number of halogens is 1. The molecular weight excluding hydrogens is 393 g/mol. The molecule has 7 heteroatoms. The summed E-state index contributed by atoms with van der Waals surface area (Å²) in [5.74, 6) is -0.539. The van der Waals surface area contributed by atoms with Gasteiger partial charge in [-0.15, -0.1) is 0 Å².